The molecule has 0 spiro atoms. The minimum atomic E-state index is -0.204. The molecular weight excluding hydrogens is 742 g/mol. The number of hydrogen-bond donors (Lipinski definition) is 0. The van der Waals surface area contributed by atoms with Crippen molar-refractivity contribution >= 4 is 68.4 Å². The molecule has 0 N–H and O–H groups in total. The van der Waals surface area contributed by atoms with Crippen LogP contribution in [-0.4, -0.2) is 24.2 Å². The average molecular weight is 793 g/mol. The van der Waals surface area contributed by atoms with E-state index in [9.17, 15) is 4.79 Å². The maximum atomic E-state index is 11.7. The van der Waals surface area contributed by atoms with Gasteiger partial charge >= 0.3 is 5.97 Å². The van der Waals surface area contributed by atoms with Crippen molar-refractivity contribution in [3.05, 3.63) is 66.8 Å². The molecule has 0 heterocycles. The number of carbonyl (C=O) groups excluding carboxylic acids is 1. The quantitative estimate of drug-likeness (QED) is 0.0579. The zero-order chi connectivity index (χ0) is 29.3. The molecule has 0 saturated carbocycles. The second-order valence-electron chi connectivity index (χ2n) is 10.2. The van der Waals surface area contributed by atoms with Crippen molar-refractivity contribution in [2.75, 3.05) is 13.2 Å². The second-order valence-corrected chi connectivity index (χ2v) is 13.1. The predicted molar refractivity (Wildman–Crippen MR) is 191 cm³/mol. The fourth-order valence-electron chi connectivity index (χ4n) is 4.14. The van der Waals surface area contributed by atoms with E-state index in [1.807, 2.05) is 36.4 Å². The summed E-state index contributed by atoms with van der Waals surface area (Å²) in [6.45, 7) is 5.79. The van der Waals surface area contributed by atoms with E-state index < -0.39 is 0 Å². The molecule has 2 aromatic carbocycles. The van der Waals surface area contributed by atoms with Crippen molar-refractivity contribution in [2.45, 2.75) is 117 Å². The third-order valence-electron chi connectivity index (χ3n) is 6.62. The highest BCUT2D eigenvalue weighted by atomic mass is 127. The number of benzene rings is 2. The van der Waals surface area contributed by atoms with Crippen molar-refractivity contribution in [3.8, 4) is 0 Å². The lowest BCUT2D eigenvalue weighted by Gasteiger charge is -2.07. The van der Waals surface area contributed by atoms with Crippen LogP contribution in [0.5, 0.6) is 0 Å². The zero-order valence-electron chi connectivity index (χ0n) is 24.7. The van der Waals surface area contributed by atoms with Gasteiger partial charge in [0.1, 0.15) is 0 Å². The highest BCUT2D eigenvalue weighted by molar-refractivity contribution is 14.1. The van der Waals surface area contributed by atoms with E-state index in [-0.39, 0.29) is 5.97 Å². The minimum Gasteiger partial charge on any atom is -0.483 e. The van der Waals surface area contributed by atoms with Gasteiger partial charge in [-0.05, 0) is 119 Å². The van der Waals surface area contributed by atoms with Gasteiger partial charge in [0.25, 0.3) is 0 Å². The van der Waals surface area contributed by atoms with E-state index in [1.165, 1.54) is 87.0 Å². The summed E-state index contributed by atoms with van der Waals surface area (Å²) in [4.78, 5) is 11.7. The van der Waals surface area contributed by atoms with Crippen LogP contribution in [0.3, 0.4) is 0 Å². The molecule has 0 amide bonds. The first-order valence-corrected chi connectivity index (χ1v) is 17.9. The number of halogens is 2. The Morgan fingerprint density at radius 1 is 0.550 bits per heavy atom. The Kier molecular flexibility index (Phi) is 24.2. The lowest BCUT2D eigenvalue weighted by atomic mass is 10.1. The summed E-state index contributed by atoms with van der Waals surface area (Å²) < 4.78 is 13.3. The lowest BCUT2D eigenvalue weighted by molar-refractivity contribution is 0.0497. The Balaban J connectivity index is 0.000000400. The largest absolute Gasteiger partial charge is 0.483 e. The molecule has 0 aliphatic rings. The molecule has 0 atom stereocenters. The zero-order valence-corrected chi connectivity index (χ0v) is 29.9. The van der Waals surface area contributed by atoms with Crippen LogP contribution < -0.4 is 0 Å². The second kappa shape index (κ2) is 25.9. The molecule has 0 saturated heterocycles. The van der Waals surface area contributed by atoms with Crippen molar-refractivity contribution in [3.63, 3.8) is 0 Å². The van der Waals surface area contributed by atoms with Crippen LogP contribution in [0.15, 0.2) is 48.5 Å². The number of hydrogen-bond acceptors (Lipinski definition) is 4. The molecule has 0 bridgehead atoms. The highest BCUT2D eigenvalue weighted by Crippen LogP contribution is 2.12. The van der Waals surface area contributed by atoms with E-state index in [0.29, 0.717) is 17.2 Å². The van der Waals surface area contributed by atoms with E-state index in [2.05, 4.69) is 71.2 Å². The SMILES string of the molecule is CCCCCCCCCCOC(=O)c1ccc(I)cc1.CCCCCCCCCCOC(=S)c1ccc(I)cc1. The van der Waals surface area contributed by atoms with Gasteiger partial charge in [-0.1, -0.05) is 104 Å². The minimum absolute atomic E-state index is 0.204. The van der Waals surface area contributed by atoms with Crippen molar-refractivity contribution < 1.29 is 14.3 Å². The van der Waals surface area contributed by atoms with Gasteiger partial charge in [-0.15, -0.1) is 0 Å². The van der Waals surface area contributed by atoms with Crippen LogP contribution in [0.4, 0.5) is 0 Å². The van der Waals surface area contributed by atoms with Crippen LogP contribution in [0.1, 0.15) is 133 Å². The highest BCUT2D eigenvalue weighted by Gasteiger charge is 2.06. The van der Waals surface area contributed by atoms with E-state index in [4.69, 9.17) is 21.7 Å². The average Bonchev–Trinajstić information content (AvgIpc) is 2.96. The van der Waals surface area contributed by atoms with E-state index >= 15 is 0 Å². The van der Waals surface area contributed by atoms with Crippen LogP contribution in [0.25, 0.3) is 0 Å². The van der Waals surface area contributed by atoms with Gasteiger partial charge in [-0.25, -0.2) is 4.79 Å². The standard InChI is InChI=1S/C17H25IO2.C17H25IOS/c1-2-3-4-5-6-7-8-9-14-20-17(19)15-10-12-16(18)13-11-15;1-2-3-4-5-6-7-8-9-14-19-17(20)15-10-12-16(18)13-11-15/h2*10-13H,2-9,14H2,1H3. The number of esters is 1. The van der Waals surface area contributed by atoms with Crippen LogP contribution in [0.2, 0.25) is 0 Å². The van der Waals surface area contributed by atoms with Gasteiger partial charge in [0, 0.05) is 12.7 Å². The monoisotopic (exact) mass is 792 g/mol. The molecule has 0 aromatic heterocycles. The first-order chi connectivity index (χ1) is 19.5. The Morgan fingerprint density at radius 3 is 1.32 bits per heavy atom. The fraction of sp³-hybridized carbons (Fsp3) is 0.588. The Bertz CT molecular complexity index is 825. The van der Waals surface area contributed by atoms with Crippen molar-refractivity contribution in [1.82, 2.24) is 0 Å². The molecule has 0 radical (unpaired) electrons. The summed E-state index contributed by atoms with van der Waals surface area (Å²) in [6, 6.07) is 15.6. The van der Waals surface area contributed by atoms with Crippen LogP contribution in [-0.2, 0) is 9.47 Å². The summed E-state index contributed by atoms with van der Waals surface area (Å²) in [6.07, 6.45) is 20.6. The maximum absolute atomic E-state index is 11.7. The smallest absolute Gasteiger partial charge is 0.338 e. The normalized spacial score (nSPS) is 10.5. The van der Waals surface area contributed by atoms with Crippen LogP contribution >= 0.6 is 57.4 Å². The van der Waals surface area contributed by atoms with Crippen molar-refractivity contribution in [2.24, 2.45) is 0 Å². The Hall–Kier alpha value is -0.740. The molecule has 2 rings (SSSR count). The van der Waals surface area contributed by atoms with Gasteiger partial charge < -0.3 is 9.47 Å². The fourth-order valence-corrected chi connectivity index (χ4v) is 5.08. The van der Waals surface area contributed by atoms with Gasteiger partial charge in [-0.3, -0.25) is 0 Å². The molecule has 40 heavy (non-hydrogen) atoms. The number of unbranched alkanes of at least 4 members (excludes halogenated alkanes) is 14. The third-order valence-corrected chi connectivity index (χ3v) is 8.41. The Labute approximate surface area is 277 Å². The Morgan fingerprint density at radius 2 is 0.900 bits per heavy atom. The topological polar surface area (TPSA) is 35.5 Å². The van der Waals surface area contributed by atoms with E-state index in [0.717, 1.165) is 35.0 Å². The maximum Gasteiger partial charge on any atom is 0.338 e. The molecule has 2 aromatic rings. The molecule has 6 heteroatoms. The van der Waals surface area contributed by atoms with Gasteiger partial charge in [0.15, 0.2) is 5.05 Å². The number of ether oxygens (including phenoxy) is 2. The molecule has 0 aliphatic heterocycles. The van der Waals surface area contributed by atoms with Crippen LogP contribution in [0, 0.1) is 7.14 Å². The predicted octanol–water partition coefficient (Wildman–Crippen LogP) is 11.7. The molecule has 0 fully saturated rings. The first kappa shape index (κ1) is 37.3. The number of thiocarbonyl (C=S) groups is 1. The number of rotatable bonds is 20. The molecule has 0 unspecified atom stereocenters. The molecule has 224 valence electrons. The summed E-state index contributed by atoms with van der Waals surface area (Å²) in [5, 5.41) is 0.629. The molecular formula is C34H50I2O3S. The molecule has 3 nitrogen and oxygen atoms in total. The first-order valence-electron chi connectivity index (χ1n) is 15.3. The van der Waals surface area contributed by atoms with Gasteiger partial charge in [-0.2, -0.15) is 0 Å². The van der Waals surface area contributed by atoms with Gasteiger partial charge in [0.05, 0.1) is 18.8 Å². The molecule has 0 aliphatic carbocycles. The summed E-state index contributed by atoms with van der Waals surface area (Å²) in [7, 11) is 0. The lowest BCUT2D eigenvalue weighted by Crippen LogP contribution is -2.06. The third kappa shape index (κ3) is 20.2. The summed E-state index contributed by atoms with van der Waals surface area (Å²) >= 11 is 9.80. The summed E-state index contributed by atoms with van der Waals surface area (Å²) in [5.41, 5.74) is 1.66. The number of carbonyl (C=O) groups is 1. The summed E-state index contributed by atoms with van der Waals surface area (Å²) in [5.74, 6) is -0.204. The van der Waals surface area contributed by atoms with E-state index in [1.54, 1.807) is 0 Å². The van der Waals surface area contributed by atoms with Gasteiger partial charge in [0.2, 0.25) is 0 Å². The van der Waals surface area contributed by atoms with Crippen molar-refractivity contribution in [1.29, 1.82) is 0 Å².